The van der Waals surface area contributed by atoms with Gasteiger partial charge in [-0.15, -0.1) is 0 Å². The van der Waals surface area contributed by atoms with Gasteiger partial charge in [0, 0.05) is 0 Å². The summed E-state index contributed by atoms with van der Waals surface area (Å²) in [5.74, 6) is 0.344. The zero-order valence-corrected chi connectivity index (χ0v) is 8.86. The Hall–Kier alpha value is -1.32. The molecule has 1 aliphatic rings. The highest BCUT2D eigenvalue weighted by molar-refractivity contribution is 5.90. The number of nitrogens with zero attached hydrogens (tertiary/aromatic N) is 1. The Morgan fingerprint density at radius 3 is 3.07 bits per heavy atom. The molecule has 1 aromatic rings. The van der Waals surface area contributed by atoms with Crippen LogP contribution in [0.4, 0.5) is 0 Å². The van der Waals surface area contributed by atoms with Crippen LogP contribution >= 0.6 is 0 Å². The molecular weight excluding hydrogens is 194 g/mol. The van der Waals surface area contributed by atoms with E-state index in [0.29, 0.717) is 18.1 Å². The number of carbonyl (C=O) groups is 1. The van der Waals surface area contributed by atoms with Crippen molar-refractivity contribution in [2.24, 2.45) is 5.92 Å². The highest BCUT2D eigenvalue weighted by Crippen LogP contribution is 2.30. The average Bonchev–Trinajstić information content (AvgIpc) is 2.59. The molecular formula is C11H15NO3. The second kappa shape index (κ2) is 4.47. The maximum Gasteiger partial charge on any atom is 0.343 e. The SMILES string of the molecule is CCOC(=O)c1conc1CC1CCC1. The van der Waals surface area contributed by atoms with E-state index < -0.39 is 0 Å². The van der Waals surface area contributed by atoms with Gasteiger partial charge in [0.2, 0.25) is 0 Å². The molecule has 0 saturated heterocycles. The Morgan fingerprint density at radius 2 is 2.47 bits per heavy atom. The van der Waals surface area contributed by atoms with Gasteiger partial charge in [-0.2, -0.15) is 0 Å². The molecule has 0 spiro atoms. The molecule has 4 nitrogen and oxygen atoms in total. The van der Waals surface area contributed by atoms with Crippen molar-refractivity contribution < 1.29 is 14.1 Å². The first-order valence-corrected chi connectivity index (χ1v) is 5.41. The number of ether oxygens (including phenoxy) is 1. The van der Waals surface area contributed by atoms with Gasteiger partial charge in [-0.1, -0.05) is 24.4 Å². The van der Waals surface area contributed by atoms with E-state index in [9.17, 15) is 4.79 Å². The second-order valence-corrected chi connectivity index (χ2v) is 3.90. The molecule has 1 heterocycles. The molecule has 4 heteroatoms. The number of hydrogen-bond acceptors (Lipinski definition) is 4. The fourth-order valence-electron chi connectivity index (χ4n) is 1.75. The van der Waals surface area contributed by atoms with Crippen molar-refractivity contribution in [3.8, 4) is 0 Å². The summed E-state index contributed by atoms with van der Waals surface area (Å²) in [7, 11) is 0. The molecule has 0 atom stereocenters. The van der Waals surface area contributed by atoms with E-state index in [1.807, 2.05) is 0 Å². The highest BCUT2D eigenvalue weighted by atomic mass is 16.5. The first-order chi connectivity index (χ1) is 7.31. The Labute approximate surface area is 88.6 Å². The molecule has 1 aliphatic carbocycles. The summed E-state index contributed by atoms with van der Waals surface area (Å²) >= 11 is 0. The smallest absolute Gasteiger partial charge is 0.343 e. The summed E-state index contributed by atoms with van der Waals surface area (Å²) in [6.45, 7) is 2.17. The maximum absolute atomic E-state index is 11.5. The summed E-state index contributed by atoms with van der Waals surface area (Å²) in [6.07, 6.45) is 5.97. The van der Waals surface area contributed by atoms with Gasteiger partial charge in [-0.3, -0.25) is 0 Å². The summed E-state index contributed by atoms with van der Waals surface area (Å²) in [5.41, 5.74) is 1.24. The van der Waals surface area contributed by atoms with Crippen LogP contribution in [0.25, 0.3) is 0 Å². The van der Waals surface area contributed by atoms with Gasteiger partial charge in [0.25, 0.3) is 0 Å². The number of esters is 1. The summed E-state index contributed by atoms with van der Waals surface area (Å²) in [5, 5.41) is 3.87. The summed E-state index contributed by atoms with van der Waals surface area (Å²) in [6, 6.07) is 0. The lowest BCUT2D eigenvalue weighted by molar-refractivity contribution is 0.0524. The molecule has 0 N–H and O–H groups in total. The van der Waals surface area contributed by atoms with E-state index in [1.165, 1.54) is 25.5 Å². The first-order valence-electron chi connectivity index (χ1n) is 5.41. The van der Waals surface area contributed by atoms with E-state index in [0.717, 1.165) is 12.1 Å². The van der Waals surface area contributed by atoms with Crippen LogP contribution < -0.4 is 0 Å². The minimum atomic E-state index is -0.326. The van der Waals surface area contributed by atoms with Crippen LogP contribution in [0.5, 0.6) is 0 Å². The molecule has 2 rings (SSSR count). The van der Waals surface area contributed by atoms with Crippen molar-refractivity contribution in [2.75, 3.05) is 6.61 Å². The zero-order valence-electron chi connectivity index (χ0n) is 8.86. The normalized spacial score (nSPS) is 16.1. The number of carbonyl (C=O) groups excluding carboxylic acids is 1. The monoisotopic (exact) mass is 209 g/mol. The summed E-state index contributed by atoms with van der Waals surface area (Å²) < 4.78 is 9.75. The molecule has 1 fully saturated rings. The Morgan fingerprint density at radius 1 is 1.67 bits per heavy atom. The minimum Gasteiger partial charge on any atom is -0.462 e. The molecule has 0 radical (unpaired) electrons. The minimum absolute atomic E-state index is 0.326. The predicted octanol–water partition coefficient (Wildman–Crippen LogP) is 2.19. The highest BCUT2D eigenvalue weighted by Gasteiger charge is 2.23. The molecule has 1 aromatic heterocycles. The molecule has 1 saturated carbocycles. The lowest BCUT2D eigenvalue weighted by Gasteiger charge is -2.24. The van der Waals surface area contributed by atoms with E-state index in [1.54, 1.807) is 6.92 Å². The van der Waals surface area contributed by atoms with Gasteiger partial charge in [-0.05, 0) is 19.3 Å². The van der Waals surface area contributed by atoms with Gasteiger partial charge in [0.15, 0.2) is 0 Å². The van der Waals surface area contributed by atoms with E-state index in [4.69, 9.17) is 9.26 Å². The van der Waals surface area contributed by atoms with Gasteiger partial charge in [0.05, 0.1) is 12.3 Å². The lowest BCUT2D eigenvalue weighted by Crippen LogP contribution is -2.16. The quantitative estimate of drug-likeness (QED) is 0.713. The fourth-order valence-corrected chi connectivity index (χ4v) is 1.75. The number of hydrogen-bond donors (Lipinski definition) is 0. The number of rotatable bonds is 4. The largest absolute Gasteiger partial charge is 0.462 e. The summed E-state index contributed by atoms with van der Waals surface area (Å²) in [4.78, 5) is 11.5. The maximum atomic E-state index is 11.5. The molecule has 0 bridgehead atoms. The average molecular weight is 209 g/mol. The molecule has 0 unspecified atom stereocenters. The van der Waals surface area contributed by atoms with Crippen LogP contribution in [-0.4, -0.2) is 17.7 Å². The Kier molecular flexibility index (Phi) is 3.04. The van der Waals surface area contributed by atoms with E-state index in [-0.39, 0.29) is 5.97 Å². The molecule has 15 heavy (non-hydrogen) atoms. The zero-order chi connectivity index (χ0) is 10.7. The molecule has 0 aliphatic heterocycles. The second-order valence-electron chi connectivity index (χ2n) is 3.90. The molecule has 0 amide bonds. The van der Waals surface area contributed by atoms with Crippen LogP contribution in [0.1, 0.15) is 42.2 Å². The van der Waals surface area contributed by atoms with Crippen molar-refractivity contribution in [2.45, 2.75) is 32.6 Å². The third-order valence-electron chi connectivity index (χ3n) is 2.85. The van der Waals surface area contributed by atoms with Crippen LogP contribution in [0.3, 0.4) is 0 Å². The Balaban J connectivity index is 2.03. The van der Waals surface area contributed by atoms with E-state index in [2.05, 4.69) is 5.16 Å². The van der Waals surface area contributed by atoms with Gasteiger partial charge in [0.1, 0.15) is 11.8 Å². The third-order valence-corrected chi connectivity index (χ3v) is 2.85. The third kappa shape index (κ3) is 2.19. The topological polar surface area (TPSA) is 52.3 Å². The van der Waals surface area contributed by atoms with Crippen LogP contribution in [0, 0.1) is 5.92 Å². The van der Waals surface area contributed by atoms with Crippen molar-refractivity contribution in [3.05, 3.63) is 17.5 Å². The standard InChI is InChI=1S/C11H15NO3/c1-2-14-11(13)9-7-15-12-10(9)6-8-4-3-5-8/h7-8H,2-6H2,1H3. The predicted molar refractivity (Wildman–Crippen MR) is 53.5 cm³/mol. The van der Waals surface area contributed by atoms with Gasteiger partial charge >= 0.3 is 5.97 Å². The fraction of sp³-hybridized carbons (Fsp3) is 0.636. The Bertz CT molecular complexity index is 341. The van der Waals surface area contributed by atoms with Crippen molar-refractivity contribution in [3.63, 3.8) is 0 Å². The van der Waals surface area contributed by atoms with Crippen LogP contribution in [0.15, 0.2) is 10.8 Å². The molecule has 82 valence electrons. The lowest BCUT2D eigenvalue weighted by atomic mass is 9.81. The van der Waals surface area contributed by atoms with Crippen LogP contribution in [0.2, 0.25) is 0 Å². The van der Waals surface area contributed by atoms with Crippen molar-refractivity contribution in [1.29, 1.82) is 0 Å². The molecule has 0 aromatic carbocycles. The van der Waals surface area contributed by atoms with Gasteiger partial charge < -0.3 is 9.26 Å². The first kappa shape index (κ1) is 10.2. The van der Waals surface area contributed by atoms with Crippen molar-refractivity contribution >= 4 is 5.97 Å². The number of aromatic nitrogens is 1. The van der Waals surface area contributed by atoms with Gasteiger partial charge in [-0.25, -0.2) is 4.79 Å². The van der Waals surface area contributed by atoms with Crippen molar-refractivity contribution in [1.82, 2.24) is 5.16 Å². The van der Waals surface area contributed by atoms with Crippen LogP contribution in [-0.2, 0) is 11.2 Å². The van der Waals surface area contributed by atoms with E-state index >= 15 is 0 Å².